The zero-order valence-corrected chi connectivity index (χ0v) is 14.9. The Balaban J connectivity index is 1.98. The Labute approximate surface area is 133 Å². The second-order valence-corrected chi connectivity index (χ2v) is 8.07. The van der Waals surface area contributed by atoms with E-state index in [0.717, 1.165) is 23.8 Å². The van der Waals surface area contributed by atoms with E-state index in [-0.39, 0.29) is 0 Å². The number of nitrogens with zero attached hydrogens (tertiary/aromatic N) is 1. The molecule has 0 bridgehead atoms. The molecule has 3 atom stereocenters. The van der Waals surface area contributed by atoms with E-state index >= 15 is 0 Å². The Morgan fingerprint density at radius 2 is 1.81 bits per heavy atom. The van der Waals surface area contributed by atoms with Gasteiger partial charge in [0.2, 0.25) is 0 Å². The summed E-state index contributed by atoms with van der Waals surface area (Å²) in [6.45, 7) is 13.3. The Bertz CT molecular complexity index is 283. The summed E-state index contributed by atoms with van der Waals surface area (Å²) in [7, 11) is 0. The molecule has 2 rings (SSSR count). The molecule has 2 heteroatoms. The van der Waals surface area contributed by atoms with Crippen molar-refractivity contribution in [3.8, 4) is 0 Å². The number of piperazine rings is 1. The minimum Gasteiger partial charge on any atom is -0.311 e. The van der Waals surface area contributed by atoms with Crippen LogP contribution in [0.5, 0.6) is 0 Å². The monoisotopic (exact) mass is 294 g/mol. The molecule has 2 fully saturated rings. The van der Waals surface area contributed by atoms with Crippen molar-refractivity contribution < 1.29 is 0 Å². The molecule has 0 aromatic rings. The van der Waals surface area contributed by atoms with Gasteiger partial charge in [0.05, 0.1) is 0 Å². The van der Waals surface area contributed by atoms with E-state index < -0.39 is 0 Å². The van der Waals surface area contributed by atoms with Crippen LogP contribution in [0, 0.1) is 17.8 Å². The van der Waals surface area contributed by atoms with Crippen molar-refractivity contribution in [1.29, 1.82) is 0 Å². The van der Waals surface area contributed by atoms with E-state index in [9.17, 15) is 0 Å². The normalized spacial score (nSPS) is 30.7. The van der Waals surface area contributed by atoms with Gasteiger partial charge in [0.15, 0.2) is 0 Å². The molecule has 3 unspecified atom stereocenters. The molecule has 124 valence electrons. The first-order chi connectivity index (χ1) is 10.1. The van der Waals surface area contributed by atoms with Gasteiger partial charge in [-0.1, -0.05) is 53.4 Å². The van der Waals surface area contributed by atoms with Crippen LogP contribution in [-0.4, -0.2) is 36.6 Å². The Morgan fingerprint density at radius 3 is 2.43 bits per heavy atom. The SMILES string of the molecule is CCCC(C)CN1CC(C(C)C)NCC1C1CCCCC1. The zero-order valence-electron chi connectivity index (χ0n) is 14.9. The number of hydrogen-bond acceptors (Lipinski definition) is 2. The van der Waals surface area contributed by atoms with Gasteiger partial charge >= 0.3 is 0 Å². The third-order valence-electron chi connectivity index (χ3n) is 5.82. The van der Waals surface area contributed by atoms with Crippen LogP contribution in [0.3, 0.4) is 0 Å². The number of hydrogen-bond donors (Lipinski definition) is 1. The standard InChI is InChI=1S/C19H38N2/c1-5-9-16(4)13-21-14-18(15(2)3)20-12-19(21)17-10-7-6-8-11-17/h15-20H,5-14H2,1-4H3. The lowest BCUT2D eigenvalue weighted by molar-refractivity contribution is 0.0496. The number of nitrogens with one attached hydrogen (secondary N) is 1. The van der Waals surface area contributed by atoms with Gasteiger partial charge in [0.25, 0.3) is 0 Å². The van der Waals surface area contributed by atoms with Gasteiger partial charge in [0, 0.05) is 31.7 Å². The molecule has 1 aliphatic carbocycles. The van der Waals surface area contributed by atoms with Gasteiger partial charge in [-0.05, 0) is 37.0 Å². The molecule has 2 nitrogen and oxygen atoms in total. The fourth-order valence-electron chi connectivity index (χ4n) is 4.48. The van der Waals surface area contributed by atoms with Crippen molar-refractivity contribution in [1.82, 2.24) is 10.2 Å². The van der Waals surface area contributed by atoms with Crippen molar-refractivity contribution in [3.05, 3.63) is 0 Å². The largest absolute Gasteiger partial charge is 0.311 e. The van der Waals surface area contributed by atoms with E-state index in [4.69, 9.17) is 0 Å². The van der Waals surface area contributed by atoms with Crippen LogP contribution in [0.2, 0.25) is 0 Å². The minimum atomic E-state index is 0.693. The second-order valence-electron chi connectivity index (χ2n) is 8.07. The fourth-order valence-corrected chi connectivity index (χ4v) is 4.48. The summed E-state index contributed by atoms with van der Waals surface area (Å²) in [4.78, 5) is 2.87. The van der Waals surface area contributed by atoms with E-state index in [1.165, 1.54) is 64.6 Å². The fraction of sp³-hybridized carbons (Fsp3) is 1.00. The molecule has 0 amide bonds. The van der Waals surface area contributed by atoms with Crippen molar-refractivity contribution in [3.63, 3.8) is 0 Å². The first-order valence-electron chi connectivity index (χ1n) is 9.59. The summed E-state index contributed by atoms with van der Waals surface area (Å²) in [5.74, 6) is 2.56. The predicted octanol–water partition coefficient (Wildman–Crippen LogP) is 4.30. The van der Waals surface area contributed by atoms with Gasteiger partial charge in [-0.15, -0.1) is 0 Å². The first kappa shape index (κ1) is 17.3. The maximum Gasteiger partial charge on any atom is 0.0249 e. The lowest BCUT2D eigenvalue weighted by atomic mass is 9.81. The van der Waals surface area contributed by atoms with Gasteiger partial charge in [-0.25, -0.2) is 0 Å². The summed E-state index contributed by atoms with van der Waals surface area (Å²) in [5, 5.41) is 3.86. The molecular weight excluding hydrogens is 256 g/mol. The van der Waals surface area contributed by atoms with Gasteiger partial charge in [-0.3, -0.25) is 4.90 Å². The van der Waals surface area contributed by atoms with Crippen LogP contribution in [0.25, 0.3) is 0 Å². The average Bonchev–Trinajstić information content (AvgIpc) is 2.48. The molecule has 0 aromatic heterocycles. The van der Waals surface area contributed by atoms with Crippen molar-refractivity contribution in [2.24, 2.45) is 17.8 Å². The highest BCUT2D eigenvalue weighted by Gasteiger charge is 2.35. The van der Waals surface area contributed by atoms with Crippen LogP contribution in [0.1, 0.15) is 72.6 Å². The van der Waals surface area contributed by atoms with E-state index in [1.54, 1.807) is 0 Å². The highest BCUT2D eigenvalue weighted by atomic mass is 15.2. The van der Waals surface area contributed by atoms with Crippen LogP contribution >= 0.6 is 0 Å². The summed E-state index contributed by atoms with van der Waals surface area (Å²) >= 11 is 0. The molecular formula is C19H38N2. The molecule has 1 heterocycles. The third-order valence-corrected chi connectivity index (χ3v) is 5.82. The van der Waals surface area contributed by atoms with Gasteiger partial charge in [0.1, 0.15) is 0 Å². The van der Waals surface area contributed by atoms with E-state index in [2.05, 4.69) is 37.9 Å². The maximum absolute atomic E-state index is 3.86. The van der Waals surface area contributed by atoms with Gasteiger partial charge < -0.3 is 5.32 Å². The molecule has 1 saturated carbocycles. The van der Waals surface area contributed by atoms with Crippen molar-refractivity contribution in [2.75, 3.05) is 19.6 Å². The predicted molar refractivity (Wildman–Crippen MR) is 92.6 cm³/mol. The quantitative estimate of drug-likeness (QED) is 0.785. The molecule has 1 aliphatic heterocycles. The lowest BCUT2D eigenvalue weighted by Gasteiger charge is -2.47. The van der Waals surface area contributed by atoms with Crippen molar-refractivity contribution >= 4 is 0 Å². The molecule has 0 aromatic carbocycles. The highest BCUT2D eigenvalue weighted by Crippen LogP contribution is 2.31. The molecule has 21 heavy (non-hydrogen) atoms. The van der Waals surface area contributed by atoms with Gasteiger partial charge in [-0.2, -0.15) is 0 Å². The zero-order chi connectivity index (χ0) is 15.2. The summed E-state index contributed by atoms with van der Waals surface area (Å²) in [6.07, 6.45) is 10.1. The van der Waals surface area contributed by atoms with Crippen LogP contribution in [0.15, 0.2) is 0 Å². The highest BCUT2D eigenvalue weighted by molar-refractivity contribution is 4.92. The minimum absolute atomic E-state index is 0.693. The Morgan fingerprint density at radius 1 is 1.10 bits per heavy atom. The first-order valence-corrected chi connectivity index (χ1v) is 9.59. The molecule has 0 spiro atoms. The molecule has 1 saturated heterocycles. The maximum atomic E-state index is 3.86. The summed E-state index contributed by atoms with van der Waals surface area (Å²) < 4.78 is 0. The summed E-state index contributed by atoms with van der Waals surface area (Å²) in [5.41, 5.74) is 0. The van der Waals surface area contributed by atoms with Crippen LogP contribution < -0.4 is 5.32 Å². The van der Waals surface area contributed by atoms with Crippen molar-refractivity contribution in [2.45, 2.75) is 84.7 Å². The number of rotatable bonds is 6. The smallest absolute Gasteiger partial charge is 0.0249 e. The molecule has 0 radical (unpaired) electrons. The Kier molecular flexibility index (Phi) is 7.01. The molecule has 1 N–H and O–H groups in total. The topological polar surface area (TPSA) is 15.3 Å². The Hall–Kier alpha value is -0.0800. The third kappa shape index (κ3) is 4.96. The molecule has 2 aliphatic rings. The van der Waals surface area contributed by atoms with Crippen LogP contribution in [0.4, 0.5) is 0 Å². The lowest BCUT2D eigenvalue weighted by Crippen LogP contribution is -2.61. The van der Waals surface area contributed by atoms with E-state index in [0.29, 0.717) is 6.04 Å². The van der Waals surface area contributed by atoms with Crippen LogP contribution in [-0.2, 0) is 0 Å². The summed E-state index contributed by atoms with van der Waals surface area (Å²) in [6, 6.07) is 1.50. The average molecular weight is 295 g/mol. The second kappa shape index (κ2) is 8.53. The van der Waals surface area contributed by atoms with E-state index in [1.807, 2.05) is 0 Å².